The molecule has 1 atom stereocenters. The van der Waals surface area contributed by atoms with Crippen LogP contribution in [0.2, 0.25) is 0 Å². The molecule has 0 bridgehead atoms. The lowest BCUT2D eigenvalue weighted by Gasteiger charge is -2.35. The highest BCUT2D eigenvalue weighted by atomic mass is 32.2. The molecule has 1 aromatic rings. The number of carbonyl (C=O) groups is 3. The topological polar surface area (TPSA) is 155 Å². The number of hydrogen-bond acceptors (Lipinski definition) is 6. The Hall–Kier alpha value is -2.93. The van der Waals surface area contributed by atoms with Gasteiger partial charge in [0.1, 0.15) is 11.6 Å². The number of aliphatic carboxylic acids is 2. The summed E-state index contributed by atoms with van der Waals surface area (Å²) in [6, 6.07) is 0.887. The van der Waals surface area contributed by atoms with E-state index < -0.39 is 56.3 Å². The van der Waals surface area contributed by atoms with E-state index in [4.69, 9.17) is 15.9 Å². The van der Waals surface area contributed by atoms with E-state index in [2.05, 4.69) is 0 Å². The Balaban J connectivity index is 0.000000550. The predicted molar refractivity (Wildman–Crippen MR) is 132 cm³/mol. The zero-order valence-electron chi connectivity index (χ0n) is 20.8. The fraction of sp³-hybridized carbons (Fsp3) is 0.560. The number of rotatable bonds is 8. The molecule has 1 saturated carbocycles. The first-order valence-electron chi connectivity index (χ1n) is 12.3. The highest BCUT2D eigenvalue weighted by Crippen LogP contribution is 2.26. The van der Waals surface area contributed by atoms with E-state index in [1.165, 1.54) is 0 Å². The van der Waals surface area contributed by atoms with Crippen LogP contribution < -0.4 is 5.73 Å². The maximum absolute atomic E-state index is 13.9. The normalized spacial score (nSPS) is 18.1. The molecule has 1 heterocycles. The second-order valence-corrected chi connectivity index (χ2v) is 11.8. The Labute approximate surface area is 219 Å². The van der Waals surface area contributed by atoms with Crippen molar-refractivity contribution in [2.75, 3.05) is 18.8 Å². The van der Waals surface area contributed by atoms with Crippen molar-refractivity contribution in [1.29, 1.82) is 0 Å². The second kappa shape index (κ2) is 14.3. The Bertz CT molecular complexity index is 1110. The quantitative estimate of drug-likeness (QED) is 0.323. The average Bonchev–Trinajstić information content (AvgIpc) is 2.86. The van der Waals surface area contributed by atoms with Gasteiger partial charge >= 0.3 is 11.9 Å². The lowest BCUT2D eigenvalue weighted by atomic mass is 9.86. The van der Waals surface area contributed by atoms with Crippen molar-refractivity contribution in [3.8, 4) is 0 Å². The molecule has 2 fully saturated rings. The van der Waals surface area contributed by atoms with Crippen LogP contribution in [0, 0.1) is 23.4 Å². The number of likely N-dealkylation sites (tertiary alicyclic amines) is 1. The highest BCUT2D eigenvalue weighted by Gasteiger charge is 2.33. The number of halogens is 3. The van der Waals surface area contributed by atoms with Crippen LogP contribution in [-0.2, 0) is 30.6 Å². The van der Waals surface area contributed by atoms with E-state index in [9.17, 15) is 36.0 Å². The van der Waals surface area contributed by atoms with Gasteiger partial charge in [0, 0.05) is 37.3 Å². The molecule has 4 N–H and O–H groups in total. The van der Waals surface area contributed by atoms with Crippen LogP contribution in [-0.4, -0.2) is 71.5 Å². The van der Waals surface area contributed by atoms with Crippen LogP contribution in [0.4, 0.5) is 13.2 Å². The van der Waals surface area contributed by atoms with Gasteiger partial charge in [0.2, 0.25) is 5.91 Å². The van der Waals surface area contributed by atoms with Crippen LogP contribution >= 0.6 is 0 Å². The molecule has 2 aliphatic rings. The molecule has 0 unspecified atom stereocenters. The van der Waals surface area contributed by atoms with Gasteiger partial charge in [0.05, 0.1) is 5.25 Å². The summed E-state index contributed by atoms with van der Waals surface area (Å²) in [5, 5.41) is 15.2. The zero-order valence-corrected chi connectivity index (χ0v) is 21.6. The molecule has 9 nitrogen and oxygen atoms in total. The van der Waals surface area contributed by atoms with Gasteiger partial charge in [0.15, 0.2) is 21.5 Å². The van der Waals surface area contributed by atoms with E-state index in [1.54, 1.807) is 4.90 Å². The molecule has 0 radical (unpaired) electrons. The van der Waals surface area contributed by atoms with Crippen LogP contribution in [0.3, 0.4) is 0 Å². The number of sulfone groups is 1. The van der Waals surface area contributed by atoms with E-state index in [1.807, 2.05) is 0 Å². The fourth-order valence-corrected chi connectivity index (χ4v) is 6.48. The van der Waals surface area contributed by atoms with E-state index in [0.717, 1.165) is 25.3 Å². The van der Waals surface area contributed by atoms with Gasteiger partial charge in [0.25, 0.3) is 0 Å². The first kappa shape index (κ1) is 31.3. The number of hydrogen-bond donors (Lipinski definition) is 3. The molecule has 1 aliphatic heterocycles. The number of carboxylic acids is 2. The first-order valence-corrected chi connectivity index (χ1v) is 14.0. The number of nitrogens with two attached hydrogens (primary N) is 1. The van der Waals surface area contributed by atoms with Crippen LogP contribution in [0.25, 0.3) is 0 Å². The van der Waals surface area contributed by atoms with Gasteiger partial charge in [-0.05, 0) is 49.7 Å². The minimum absolute atomic E-state index is 0.0171. The Morgan fingerprint density at radius 2 is 1.45 bits per heavy atom. The molecule has 1 saturated heterocycles. The lowest BCUT2D eigenvalue weighted by molar-refractivity contribution is -0.134. The lowest BCUT2D eigenvalue weighted by Crippen LogP contribution is -2.46. The van der Waals surface area contributed by atoms with Crippen molar-refractivity contribution in [1.82, 2.24) is 4.90 Å². The molecule has 3 rings (SSSR count). The van der Waals surface area contributed by atoms with Crippen LogP contribution in [0.1, 0.15) is 50.5 Å². The minimum atomic E-state index is -3.44. The third kappa shape index (κ3) is 9.75. The molecule has 1 amide bonds. The summed E-state index contributed by atoms with van der Waals surface area (Å²) in [6.07, 6.45) is 6.38. The monoisotopic (exact) mass is 562 g/mol. The number of benzene rings is 1. The summed E-state index contributed by atoms with van der Waals surface area (Å²) in [7, 11) is -3.44. The van der Waals surface area contributed by atoms with Gasteiger partial charge in [-0.15, -0.1) is 0 Å². The maximum atomic E-state index is 13.9. The van der Waals surface area contributed by atoms with Gasteiger partial charge in [-0.2, -0.15) is 0 Å². The number of carbonyl (C=O) groups excluding carboxylic acids is 1. The SMILES string of the molecule is N[C@H](Cc1cc(F)c(F)cc1F)C1CCN(C(=O)CS(=O)(=O)C2CCCCC2)CC1.O=C(O)C=CC(=O)O. The van der Waals surface area contributed by atoms with Gasteiger partial charge in [-0.1, -0.05) is 19.3 Å². The van der Waals surface area contributed by atoms with Crippen molar-refractivity contribution in [3.63, 3.8) is 0 Å². The molecule has 0 aromatic heterocycles. The molecule has 13 heteroatoms. The standard InChI is InChI=1S/C21H29F3N2O3S.C4H4O4/c22-17-12-19(24)18(23)10-15(17)11-20(25)14-6-8-26(9-7-14)21(27)13-30(28,29)16-4-2-1-3-5-16;5-3(6)1-2-4(7)8/h10,12,14,16,20H,1-9,11,13,25H2;1-2H,(H,5,6)(H,7,8)/t20-;/m1./s1. The highest BCUT2D eigenvalue weighted by molar-refractivity contribution is 7.92. The molecule has 38 heavy (non-hydrogen) atoms. The van der Waals surface area contributed by atoms with Crippen molar-refractivity contribution in [3.05, 3.63) is 47.3 Å². The van der Waals surface area contributed by atoms with Gasteiger partial charge in [-0.25, -0.2) is 31.2 Å². The van der Waals surface area contributed by atoms with Crippen molar-refractivity contribution in [2.45, 2.75) is 62.7 Å². The van der Waals surface area contributed by atoms with E-state index >= 15 is 0 Å². The third-order valence-corrected chi connectivity index (χ3v) is 8.93. The maximum Gasteiger partial charge on any atom is 0.328 e. The fourth-order valence-electron chi connectivity index (χ4n) is 4.67. The summed E-state index contributed by atoms with van der Waals surface area (Å²) in [6.45, 7) is 0.773. The van der Waals surface area contributed by atoms with Crippen LogP contribution in [0.15, 0.2) is 24.3 Å². The smallest absolute Gasteiger partial charge is 0.328 e. The summed E-state index contributed by atoms with van der Waals surface area (Å²) < 4.78 is 65.4. The predicted octanol–water partition coefficient (Wildman–Crippen LogP) is 2.67. The van der Waals surface area contributed by atoms with Gasteiger partial charge in [-0.3, -0.25) is 4.79 Å². The molecular formula is C25H33F3N2O7S. The molecular weight excluding hydrogens is 529 g/mol. The Kier molecular flexibility index (Phi) is 11.8. The van der Waals surface area contributed by atoms with Crippen molar-refractivity contribution in [2.24, 2.45) is 11.7 Å². The van der Waals surface area contributed by atoms with Gasteiger partial charge < -0.3 is 20.8 Å². The average molecular weight is 563 g/mol. The summed E-state index contributed by atoms with van der Waals surface area (Å²) in [5.41, 5.74) is 6.20. The summed E-state index contributed by atoms with van der Waals surface area (Å²) in [5.74, 6) is -6.53. The Morgan fingerprint density at radius 1 is 0.921 bits per heavy atom. The molecule has 212 valence electrons. The Morgan fingerprint density at radius 3 is 1.97 bits per heavy atom. The van der Waals surface area contributed by atoms with Crippen LogP contribution in [0.5, 0.6) is 0 Å². The molecule has 0 spiro atoms. The minimum Gasteiger partial charge on any atom is -0.478 e. The first-order chi connectivity index (χ1) is 17.8. The summed E-state index contributed by atoms with van der Waals surface area (Å²) in [4.78, 5) is 33.2. The van der Waals surface area contributed by atoms with Crippen molar-refractivity contribution >= 4 is 27.7 Å². The number of nitrogens with zero attached hydrogens (tertiary/aromatic N) is 1. The van der Waals surface area contributed by atoms with E-state index in [-0.39, 0.29) is 23.8 Å². The number of amides is 1. The zero-order chi connectivity index (χ0) is 28.5. The summed E-state index contributed by atoms with van der Waals surface area (Å²) >= 11 is 0. The molecule has 1 aliphatic carbocycles. The number of carboxylic acid groups (broad SMARTS) is 2. The van der Waals surface area contributed by atoms with E-state index in [0.29, 0.717) is 57.0 Å². The number of piperidine rings is 1. The molecule has 1 aromatic carbocycles. The van der Waals surface area contributed by atoms with Crippen molar-refractivity contribution < 1.29 is 46.2 Å². The second-order valence-electron chi connectivity index (χ2n) is 9.52. The largest absolute Gasteiger partial charge is 0.478 e. The third-order valence-electron chi connectivity index (χ3n) is 6.80.